The lowest BCUT2D eigenvalue weighted by molar-refractivity contribution is -0.930. The number of allylic oxidation sites excluding steroid dienone is 4. The molecule has 0 aromatic heterocycles. The van der Waals surface area contributed by atoms with Gasteiger partial charge in [0.05, 0.1) is 26.3 Å². The molecule has 0 aliphatic carbocycles. The summed E-state index contributed by atoms with van der Waals surface area (Å²) in [5.41, 5.74) is 0. The zero-order valence-electron chi connectivity index (χ0n) is 32.9. The highest BCUT2D eigenvalue weighted by Gasteiger charge is 2.29. The molecule has 1 heterocycles. The van der Waals surface area contributed by atoms with Crippen molar-refractivity contribution in [2.45, 2.75) is 194 Å². The van der Waals surface area contributed by atoms with Crippen LogP contribution in [0.25, 0.3) is 0 Å². The molecule has 0 amide bonds. The van der Waals surface area contributed by atoms with E-state index in [2.05, 4.69) is 43.5 Å². The summed E-state index contributed by atoms with van der Waals surface area (Å²) in [6, 6.07) is 0. The minimum absolute atomic E-state index is 0.903. The Morgan fingerprint density at radius 3 is 1.06 bits per heavy atom. The quantitative estimate of drug-likeness (QED) is 0.0401. The second-order valence-electron chi connectivity index (χ2n) is 15.1. The molecule has 0 aromatic carbocycles. The molecule has 1 N–H and O–H groups in total. The highest BCUT2D eigenvalue weighted by Crippen LogP contribution is 2.13. The lowest BCUT2D eigenvalue weighted by atomic mass is 10.1. The van der Waals surface area contributed by atoms with E-state index in [0.717, 1.165) is 52.6 Å². The van der Waals surface area contributed by atoms with Gasteiger partial charge in [-0.15, -0.1) is 0 Å². The first kappa shape index (κ1) is 45.3. The molecule has 1 fully saturated rings. The molecule has 0 radical (unpaired) electrons. The van der Waals surface area contributed by atoms with E-state index >= 15 is 0 Å². The monoisotopic (exact) mass is 676 g/mol. The number of hydrogen-bond acceptors (Lipinski definition) is 3. The van der Waals surface area contributed by atoms with Gasteiger partial charge in [0, 0.05) is 26.3 Å². The van der Waals surface area contributed by atoms with Gasteiger partial charge in [-0.05, 0) is 64.2 Å². The molecule has 1 saturated heterocycles. The number of nitrogens with zero attached hydrogens (tertiary/aromatic N) is 1. The molecule has 284 valence electrons. The van der Waals surface area contributed by atoms with Crippen molar-refractivity contribution >= 4 is 0 Å². The Labute approximate surface area is 302 Å². The predicted octanol–water partition coefficient (Wildman–Crippen LogP) is 12.5. The van der Waals surface area contributed by atoms with Crippen molar-refractivity contribution in [3.63, 3.8) is 0 Å². The first-order valence-corrected chi connectivity index (χ1v) is 21.8. The molecule has 48 heavy (non-hydrogen) atoms. The Hall–Kier alpha value is -0.680. The number of quaternary nitrogens is 1. The molecule has 1 aliphatic rings. The van der Waals surface area contributed by atoms with Crippen LogP contribution in [0.1, 0.15) is 194 Å². The molecule has 0 atom stereocenters. The van der Waals surface area contributed by atoms with E-state index in [-0.39, 0.29) is 0 Å². The van der Waals surface area contributed by atoms with Crippen molar-refractivity contribution in [1.29, 1.82) is 0 Å². The fourth-order valence-corrected chi connectivity index (χ4v) is 7.05. The first-order chi connectivity index (χ1) is 23.8. The van der Waals surface area contributed by atoms with E-state index in [1.165, 1.54) is 197 Å². The summed E-state index contributed by atoms with van der Waals surface area (Å²) in [5.74, 6) is 0. The maximum absolute atomic E-state index is 6.13. The lowest BCUT2D eigenvalue weighted by Gasteiger charge is -2.41. The number of piperazine rings is 1. The third kappa shape index (κ3) is 31.3. The lowest BCUT2D eigenvalue weighted by Crippen LogP contribution is -2.61. The standard InChI is InChI=1S/C44H87N2O2/c1-3-5-7-9-11-13-15-17-19-21-23-25-27-29-31-33-41-47-43-39-46(37-35-45-36-38-46)40-44-48-42-34-32-30-28-26-24-22-20-18-16-14-12-10-8-6-4-2/h17-20,45H,3-16,21-44H2,1-2H3/q+1/b19-17-,20-18-. The average Bonchev–Trinajstić information content (AvgIpc) is 3.10. The summed E-state index contributed by atoms with van der Waals surface area (Å²) in [6.45, 7) is 15.2. The van der Waals surface area contributed by atoms with E-state index < -0.39 is 0 Å². The first-order valence-electron chi connectivity index (χ1n) is 21.8. The summed E-state index contributed by atoms with van der Waals surface area (Å²) in [5, 5.41) is 3.56. The van der Waals surface area contributed by atoms with Crippen LogP contribution in [0.5, 0.6) is 0 Å². The van der Waals surface area contributed by atoms with Crippen molar-refractivity contribution in [2.75, 3.05) is 65.7 Å². The van der Waals surface area contributed by atoms with E-state index in [1.54, 1.807) is 0 Å². The van der Waals surface area contributed by atoms with Crippen LogP contribution in [0.4, 0.5) is 0 Å². The third-order valence-corrected chi connectivity index (χ3v) is 10.5. The van der Waals surface area contributed by atoms with Crippen LogP contribution in [0.2, 0.25) is 0 Å². The number of rotatable bonds is 38. The van der Waals surface area contributed by atoms with Crippen molar-refractivity contribution in [3.8, 4) is 0 Å². The molecule has 1 aliphatic heterocycles. The Morgan fingerprint density at radius 1 is 0.396 bits per heavy atom. The van der Waals surface area contributed by atoms with Crippen LogP contribution in [0.15, 0.2) is 24.3 Å². The minimum atomic E-state index is 0.903. The predicted molar refractivity (Wildman–Crippen MR) is 213 cm³/mol. The van der Waals surface area contributed by atoms with Gasteiger partial charge in [-0.1, -0.05) is 154 Å². The van der Waals surface area contributed by atoms with Crippen LogP contribution in [-0.2, 0) is 9.47 Å². The van der Waals surface area contributed by atoms with Crippen LogP contribution < -0.4 is 5.32 Å². The van der Waals surface area contributed by atoms with Gasteiger partial charge in [0.25, 0.3) is 0 Å². The Morgan fingerprint density at radius 2 is 0.708 bits per heavy atom. The molecule has 0 bridgehead atoms. The topological polar surface area (TPSA) is 30.5 Å². The SMILES string of the molecule is CCCCCCCC/C=C\CCCCCCCCOCC[N+]1(CCOCCCCCCCC/C=C\CCCCCCCC)CCNCC1. The van der Waals surface area contributed by atoms with E-state index in [4.69, 9.17) is 9.47 Å². The second kappa shape index (κ2) is 37.6. The smallest absolute Gasteiger partial charge is 0.103 e. The van der Waals surface area contributed by atoms with Crippen LogP contribution in [-0.4, -0.2) is 70.2 Å². The summed E-state index contributed by atoms with van der Waals surface area (Å²) in [6.07, 6.45) is 47.8. The number of hydrogen-bond donors (Lipinski definition) is 1. The number of ether oxygens (including phenoxy) is 2. The molecule has 1 rings (SSSR count). The Kier molecular flexibility index (Phi) is 35.5. The maximum Gasteiger partial charge on any atom is 0.103 e. The largest absolute Gasteiger partial charge is 0.376 e. The highest BCUT2D eigenvalue weighted by molar-refractivity contribution is 4.82. The molecular weight excluding hydrogens is 588 g/mol. The average molecular weight is 676 g/mol. The molecule has 0 spiro atoms. The molecular formula is C44H87N2O2+. The number of nitrogens with one attached hydrogen (secondary N) is 1. The minimum Gasteiger partial charge on any atom is -0.376 e. The van der Waals surface area contributed by atoms with Gasteiger partial charge in [0.2, 0.25) is 0 Å². The fourth-order valence-electron chi connectivity index (χ4n) is 7.05. The van der Waals surface area contributed by atoms with Crippen LogP contribution in [0, 0.1) is 0 Å². The zero-order chi connectivity index (χ0) is 34.3. The zero-order valence-corrected chi connectivity index (χ0v) is 32.9. The summed E-state index contributed by atoms with van der Waals surface area (Å²) in [4.78, 5) is 0. The van der Waals surface area contributed by atoms with E-state index in [0.29, 0.717) is 0 Å². The third-order valence-electron chi connectivity index (χ3n) is 10.5. The Balaban J connectivity index is 1.90. The molecule has 4 heteroatoms. The second-order valence-corrected chi connectivity index (χ2v) is 15.1. The van der Waals surface area contributed by atoms with Gasteiger partial charge in [-0.2, -0.15) is 0 Å². The van der Waals surface area contributed by atoms with Gasteiger partial charge < -0.3 is 19.3 Å². The van der Waals surface area contributed by atoms with Crippen molar-refractivity contribution in [1.82, 2.24) is 5.32 Å². The molecule has 0 aromatic rings. The van der Waals surface area contributed by atoms with Gasteiger partial charge in [0.15, 0.2) is 0 Å². The van der Waals surface area contributed by atoms with Crippen molar-refractivity contribution in [2.24, 2.45) is 0 Å². The summed E-state index contributed by atoms with van der Waals surface area (Å²) < 4.78 is 13.4. The van der Waals surface area contributed by atoms with Gasteiger partial charge in [-0.3, -0.25) is 0 Å². The molecule has 0 unspecified atom stereocenters. The normalized spacial score (nSPS) is 15.0. The maximum atomic E-state index is 6.13. The highest BCUT2D eigenvalue weighted by atomic mass is 16.5. The fraction of sp³-hybridized carbons (Fsp3) is 0.909. The summed E-state index contributed by atoms with van der Waals surface area (Å²) in [7, 11) is 0. The van der Waals surface area contributed by atoms with Crippen LogP contribution >= 0.6 is 0 Å². The van der Waals surface area contributed by atoms with Crippen LogP contribution in [0.3, 0.4) is 0 Å². The van der Waals surface area contributed by atoms with E-state index in [9.17, 15) is 0 Å². The molecule has 0 saturated carbocycles. The van der Waals surface area contributed by atoms with Gasteiger partial charge >= 0.3 is 0 Å². The number of unbranched alkanes of at least 4 members (excludes halogenated alkanes) is 24. The van der Waals surface area contributed by atoms with Gasteiger partial charge in [-0.25, -0.2) is 0 Å². The summed E-state index contributed by atoms with van der Waals surface area (Å²) >= 11 is 0. The Bertz CT molecular complexity index is 623. The van der Waals surface area contributed by atoms with Gasteiger partial charge in [0.1, 0.15) is 13.1 Å². The van der Waals surface area contributed by atoms with Crippen molar-refractivity contribution < 1.29 is 14.0 Å². The van der Waals surface area contributed by atoms with Crippen molar-refractivity contribution in [3.05, 3.63) is 24.3 Å². The van der Waals surface area contributed by atoms with E-state index in [1.807, 2.05) is 0 Å². The molecule has 4 nitrogen and oxygen atoms in total.